The van der Waals surface area contributed by atoms with Crippen LogP contribution >= 0.6 is 0 Å². The summed E-state index contributed by atoms with van der Waals surface area (Å²) < 4.78 is 10.9. The molecule has 23 heavy (non-hydrogen) atoms. The van der Waals surface area contributed by atoms with Crippen molar-refractivity contribution in [2.45, 2.75) is 39.8 Å². The Kier molecular flexibility index (Phi) is 5.26. The van der Waals surface area contributed by atoms with Crippen molar-refractivity contribution >= 4 is 12.0 Å². The van der Waals surface area contributed by atoms with E-state index in [9.17, 15) is 9.59 Å². The van der Waals surface area contributed by atoms with E-state index in [1.807, 2.05) is 31.2 Å². The molecular formula is C17H22N2O4. The number of hydrogen-bond acceptors (Lipinski definition) is 4. The normalized spacial score (nSPS) is 17.6. The second-order valence-electron chi connectivity index (χ2n) is 5.50. The first kappa shape index (κ1) is 16.9. The highest BCUT2D eigenvalue weighted by Crippen LogP contribution is 2.33. The molecule has 6 nitrogen and oxygen atoms in total. The van der Waals surface area contributed by atoms with Gasteiger partial charge in [-0.1, -0.05) is 18.2 Å². The standard InChI is InChI=1S/C17H22N2O4/c1-5-22-13-9-7-6-8-12(13)15-14(16(20)23-10(2)3)11(4)18-17(21)19-15/h6-10,15H,5H2,1-4H3,(H2,18,19,21)/t15-/m1/s1. The lowest BCUT2D eigenvalue weighted by molar-refractivity contribution is -0.143. The van der Waals surface area contributed by atoms with Gasteiger partial charge in [-0.25, -0.2) is 9.59 Å². The molecule has 0 saturated heterocycles. The van der Waals surface area contributed by atoms with Crippen molar-refractivity contribution in [2.75, 3.05) is 6.61 Å². The third kappa shape index (κ3) is 3.83. The Balaban J connectivity index is 2.47. The second-order valence-corrected chi connectivity index (χ2v) is 5.50. The molecule has 0 bridgehead atoms. The lowest BCUT2D eigenvalue weighted by Crippen LogP contribution is -2.45. The summed E-state index contributed by atoms with van der Waals surface area (Å²) in [5.74, 6) is 0.172. The topological polar surface area (TPSA) is 76.7 Å². The maximum absolute atomic E-state index is 12.5. The van der Waals surface area contributed by atoms with Crippen LogP contribution in [0.4, 0.5) is 4.79 Å². The first-order valence-electron chi connectivity index (χ1n) is 7.65. The fourth-order valence-corrected chi connectivity index (χ4v) is 2.48. The minimum atomic E-state index is -0.613. The summed E-state index contributed by atoms with van der Waals surface area (Å²) in [6, 6.07) is 6.36. The maximum Gasteiger partial charge on any atom is 0.338 e. The third-order valence-corrected chi connectivity index (χ3v) is 3.36. The molecule has 6 heteroatoms. The molecule has 0 unspecified atom stereocenters. The van der Waals surface area contributed by atoms with Crippen LogP contribution in [0.1, 0.15) is 39.3 Å². The predicted octanol–water partition coefficient (Wildman–Crippen LogP) is 2.66. The number of nitrogens with one attached hydrogen (secondary N) is 2. The lowest BCUT2D eigenvalue weighted by atomic mass is 9.95. The van der Waals surface area contributed by atoms with Gasteiger partial charge in [0, 0.05) is 11.3 Å². The van der Waals surface area contributed by atoms with Crippen LogP contribution in [-0.4, -0.2) is 24.7 Å². The maximum atomic E-state index is 12.5. The Morgan fingerprint density at radius 1 is 1.30 bits per heavy atom. The number of para-hydroxylation sites is 1. The zero-order valence-electron chi connectivity index (χ0n) is 13.8. The summed E-state index contributed by atoms with van der Waals surface area (Å²) >= 11 is 0. The minimum absolute atomic E-state index is 0.247. The largest absolute Gasteiger partial charge is 0.494 e. The zero-order valence-corrected chi connectivity index (χ0v) is 13.8. The summed E-state index contributed by atoms with van der Waals surface area (Å²) in [6.07, 6.45) is -0.247. The molecule has 0 aliphatic carbocycles. The van der Waals surface area contributed by atoms with Crippen LogP contribution in [0.25, 0.3) is 0 Å². The van der Waals surface area contributed by atoms with Crippen LogP contribution in [0, 0.1) is 0 Å². The van der Waals surface area contributed by atoms with Gasteiger partial charge in [0.1, 0.15) is 5.75 Å². The van der Waals surface area contributed by atoms with E-state index < -0.39 is 12.0 Å². The summed E-state index contributed by atoms with van der Waals surface area (Å²) in [7, 11) is 0. The molecule has 1 atom stereocenters. The van der Waals surface area contributed by atoms with E-state index in [-0.39, 0.29) is 12.1 Å². The number of hydrogen-bond donors (Lipinski definition) is 2. The van der Waals surface area contributed by atoms with E-state index in [1.54, 1.807) is 20.8 Å². The minimum Gasteiger partial charge on any atom is -0.494 e. The first-order chi connectivity index (χ1) is 10.9. The van der Waals surface area contributed by atoms with E-state index >= 15 is 0 Å². The highest BCUT2D eigenvalue weighted by atomic mass is 16.5. The first-order valence-corrected chi connectivity index (χ1v) is 7.65. The number of carbonyl (C=O) groups is 2. The second kappa shape index (κ2) is 7.17. The van der Waals surface area contributed by atoms with Crippen molar-refractivity contribution in [2.24, 2.45) is 0 Å². The van der Waals surface area contributed by atoms with Gasteiger partial charge in [0.05, 0.1) is 24.3 Å². The Bertz CT molecular complexity index is 637. The van der Waals surface area contributed by atoms with Crippen LogP contribution in [-0.2, 0) is 9.53 Å². The van der Waals surface area contributed by atoms with E-state index in [2.05, 4.69) is 10.6 Å². The van der Waals surface area contributed by atoms with E-state index in [4.69, 9.17) is 9.47 Å². The molecule has 0 radical (unpaired) electrons. The lowest BCUT2D eigenvalue weighted by Gasteiger charge is -2.29. The Morgan fingerprint density at radius 3 is 2.65 bits per heavy atom. The number of amides is 2. The van der Waals surface area contributed by atoms with Crippen LogP contribution in [0.3, 0.4) is 0 Å². The van der Waals surface area contributed by atoms with Crippen LogP contribution in [0.15, 0.2) is 35.5 Å². The smallest absolute Gasteiger partial charge is 0.338 e. The number of allylic oxidation sites excluding steroid dienone is 1. The molecule has 2 rings (SSSR count). The van der Waals surface area contributed by atoms with Gasteiger partial charge in [-0.05, 0) is 33.8 Å². The molecule has 0 saturated carbocycles. The van der Waals surface area contributed by atoms with Gasteiger partial charge in [-0.2, -0.15) is 0 Å². The SMILES string of the molecule is CCOc1ccccc1[C@H]1NC(=O)NC(C)=C1C(=O)OC(C)C. The van der Waals surface area contributed by atoms with Crippen molar-refractivity contribution in [3.8, 4) is 5.75 Å². The Labute approximate surface area is 135 Å². The molecule has 2 N–H and O–H groups in total. The average molecular weight is 318 g/mol. The number of esters is 1. The highest BCUT2D eigenvalue weighted by molar-refractivity contribution is 5.95. The Hall–Kier alpha value is -2.50. The molecule has 0 fully saturated rings. The van der Waals surface area contributed by atoms with Crippen LogP contribution < -0.4 is 15.4 Å². The zero-order chi connectivity index (χ0) is 17.0. The van der Waals surface area contributed by atoms with Crippen molar-refractivity contribution in [1.82, 2.24) is 10.6 Å². The van der Waals surface area contributed by atoms with E-state index in [0.29, 0.717) is 23.6 Å². The van der Waals surface area contributed by atoms with Gasteiger partial charge in [-0.3, -0.25) is 0 Å². The van der Waals surface area contributed by atoms with E-state index in [1.165, 1.54) is 0 Å². The van der Waals surface area contributed by atoms with Gasteiger partial charge in [0.2, 0.25) is 0 Å². The van der Waals surface area contributed by atoms with Crippen molar-refractivity contribution < 1.29 is 19.1 Å². The van der Waals surface area contributed by atoms with Crippen molar-refractivity contribution in [3.63, 3.8) is 0 Å². The number of rotatable bonds is 5. The molecule has 1 aromatic rings. The molecule has 1 heterocycles. The van der Waals surface area contributed by atoms with Crippen LogP contribution in [0.2, 0.25) is 0 Å². The monoisotopic (exact) mass is 318 g/mol. The van der Waals surface area contributed by atoms with E-state index in [0.717, 1.165) is 5.56 Å². The van der Waals surface area contributed by atoms with Gasteiger partial charge >= 0.3 is 12.0 Å². The molecule has 1 aromatic carbocycles. The van der Waals surface area contributed by atoms with Gasteiger partial charge < -0.3 is 20.1 Å². The number of urea groups is 1. The van der Waals surface area contributed by atoms with Crippen molar-refractivity contribution in [3.05, 3.63) is 41.1 Å². The molecule has 0 aromatic heterocycles. The van der Waals surface area contributed by atoms with Gasteiger partial charge in [-0.15, -0.1) is 0 Å². The average Bonchev–Trinajstić information content (AvgIpc) is 2.46. The molecule has 0 spiro atoms. The number of benzene rings is 1. The molecule has 1 aliphatic rings. The quantitative estimate of drug-likeness (QED) is 0.818. The fourth-order valence-electron chi connectivity index (χ4n) is 2.48. The number of carbonyl (C=O) groups excluding carboxylic acids is 2. The third-order valence-electron chi connectivity index (χ3n) is 3.36. The summed E-state index contributed by atoms with van der Waals surface area (Å²) in [5.41, 5.74) is 1.58. The van der Waals surface area contributed by atoms with Gasteiger partial charge in [0.15, 0.2) is 0 Å². The van der Waals surface area contributed by atoms with Gasteiger partial charge in [0.25, 0.3) is 0 Å². The molecular weight excluding hydrogens is 296 g/mol. The number of ether oxygens (including phenoxy) is 2. The van der Waals surface area contributed by atoms with Crippen LogP contribution in [0.5, 0.6) is 5.75 Å². The highest BCUT2D eigenvalue weighted by Gasteiger charge is 2.34. The van der Waals surface area contributed by atoms with Crippen molar-refractivity contribution in [1.29, 1.82) is 0 Å². The summed E-state index contributed by atoms with van der Waals surface area (Å²) in [4.78, 5) is 24.3. The summed E-state index contributed by atoms with van der Waals surface area (Å²) in [5, 5.41) is 5.40. The fraction of sp³-hybridized carbons (Fsp3) is 0.412. The molecule has 1 aliphatic heterocycles. The predicted molar refractivity (Wildman–Crippen MR) is 85.9 cm³/mol. The Morgan fingerprint density at radius 2 is 2.00 bits per heavy atom. The summed E-state index contributed by atoms with van der Waals surface area (Å²) in [6.45, 7) is 7.63. The molecule has 124 valence electrons. The molecule has 2 amide bonds.